The minimum Gasteiger partial charge on any atom is -0.497 e. The van der Waals surface area contributed by atoms with Crippen LogP contribution in [0.15, 0.2) is 42.5 Å². The molecule has 0 N–H and O–H groups in total. The second-order valence-corrected chi connectivity index (χ2v) is 6.15. The highest BCUT2D eigenvalue weighted by Gasteiger charge is 2.33. The van der Waals surface area contributed by atoms with Gasteiger partial charge in [0.25, 0.3) is 5.91 Å². The van der Waals surface area contributed by atoms with Crippen LogP contribution in [0.2, 0.25) is 0 Å². The fourth-order valence-electron chi connectivity index (χ4n) is 2.78. The number of nitrogens with zero attached hydrogens (tertiary/aromatic N) is 1. The molecule has 0 unspecified atom stereocenters. The zero-order chi connectivity index (χ0) is 18.5. The van der Waals surface area contributed by atoms with Crippen LogP contribution in [-0.2, 0) is 11.3 Å². The SMILES string of the molecule is COc1ccc(OC)c(CN(C(=O)COc2ccccc2F)C2CC2)c1. The molecule has 0 aliphatic heterocycles. The minimum atomic E-state index is -0.479. The number of amides is 1. The van der Waals surface area contributed by atoms with Crippen molar-refractivity contribution in [2.45, 2.75) is 25.4 Å². The van der Waals surface area contributed by atoms with Gasteiger partial charge in [-0.05, 0) is 43.2 Å². The highest BCUT2D eigenvalue weighted by Crippen LogP contribution is 2.32. The van der Waals surface area contributed by atoms with Gasteiger partial charge in [0.1, 0.15) is 11.5 Å². The van der Waals surface area contributed by atoms with E-state index >= 15 is 0 Å². The molecule has 2 aromatic rings. The lowest BCUT2D eigenvalue weighted by atomic mass is 10.1. The summed E-state index contributed by atoms with van der Waals surface area (Å²) in [7, 11) is 3.19. The van der Waals surface area contributed by atoms with Crippen molar-refractivity contribution >= 4 is 5.91 Å². The number of rotatable bonds is 8. The maximum absolute atomic E-state index is 13.7. The third-order valence-electron chi connectivity index (χ3n) is 4.32. The first kappa shape index (κ1) is 18.0. The third-order valence-corrected chi connectivity index (χ3v) is 4.32. The number of carbonyl (C=O) groups is 1. The molecule has 1 aliphatic rings. The topological polar surface area (TPSA) is 48.0 Å². The van der Waals surface area contributed by atoms with E-state index in [2.05, 4.69) is 0 Å². The second-order valence-electron chi connectivity index (χ2n) is 6.15. The normalized spacial score (nSPS) is 13.2. The lowest BCUT2D eigenvalue weighted by Gasteiger charge is -2.24. The lowest BCUT2D eigenvalue weighted by Crippen LogP contribution is -2.36. The maximum Gasteiger partial charge on any atom is 0.261 e. The van der Waals surface area contributed by atoms with Crippen LogP contribution in [-0.4, -0.2) is 37.7 Å². The van der Waals surface area contributed by atoms with E-state index in [4.69, 9.17) is 14.2 Å². The quantitative estimate of drug-likeness (QED) is 0.725. The van der Waals surface area contributed by atoms with Gasteiger partial charge in [-0.25, -0.2) is 4.39 Å². The molecule has 0 radical (unpaired) electrons. The molecule has 1 fully saturated rings. The van der Waals surface area contributed by atoms with E-state index in [-0.39, 0.29) is 24.3 Å². The average molecular weight is 359 g/mol. The summed E-state index contributed by atoms with van der Waals surface area (Å²) in [5.41, 5.74) is 0.859. The zero-order valence-electron chi connectivity index (χ0n) is 14.9. The van der Waals surface area contributed by atoms with Gasteiger partial charge in [-0.2, -0.15) is 0 Å². The molecule has 0 heterocycles. The second kappa shape index (κ2) is 8.08. The van der Waals surface area contributed by atoms with Crippen LogP contribution in [0, 0.1) is 5.82 Å². The van der Waals surface area contributed by atoms with Crippen LogP contribution in [0.1, 0.15) is 18.4 Å². The number of methoxy groups -OCH3 is 2. The minimum absolute atomic E-state index is 0.0792. The largest absolute Gasteiger partial charge is 0.497 e. The molecular weight excluding hydrogens is 337 g/mol. The predicted molar refractivity (Wildman–Crippen MR) is 95.0 cm³/mol. The average Bonchev–Trinajstić information content (AvgIpc) is 3.50. The van der Waals surface area contributed by atoms with Gasteiger partial charge in [0.05, 0.1) is 14.2 Å². The third kappa shape index (κ3) is 4.25. The number of carbonyl (C=O) groups excluding carboxylic acids is 1. The Morgan fingerprint density at radius 1 is 1.12 bits per heavy atom. The van der Waals surface area contributed by atoms with E-state index in [0.717, 1.165) is 18.4 Å². The van der Waals surface area contributed by atoms with E-state index in [1.165, 1.54) is 12.1 Å². The fraction of sp³-hybridized carbons (Fsp3) is 0.350. The molecule has 1 aliphatic carbocycles. The molecule has 0 bridgehead atoms. The van der Waals surface area contributed by atoms with Gasteiger partial charge in [0.2, 0.25) is 0 Å². The van der Waals surface area contributed by atoms with Crippen LogP contribution in [0.5, 0.6) is 17.2 Å². The molecule has 5 nitrogen and oxygen atoms in total. The van der Waals surface area contributed by atoms with Crippen molar-refractivity contribution < 1.29 is 23.4 Å². The van der Waals surface area contributed by atoms with Gasteiger partial charge >= 0.3 is 0 Å². The Bertz CT molecular complexity index is 776. The van der Waals surface area contributed by atoms with E-state index in [1.54, 1.807) is 31.3 Å². The van der Waals surface area contributed by atoms with E-state index in [1.807, 2.05) is 18.2 Å². The molecule has 0 atom stereocenters. The molecule has 26 heavy (non-hydrogen) atoms. The highest BCUT2D eigenvalue weighted by molar-refractivity contribution is 5.78. The van der Waals surface area contributed by atoms with Crippen molar-refractivity contribution in [1.29, 1.82) is 0 Å². The van der Waals surface area contributed by atoms with Crippen molar-refractivity contribution in [2.75, 3.05) is 20.8 Å². The van der Waals surface area contributed by atoms with E-state index < -0.39 is 5.82 Å². The molecule has 1 saturated carbocycles. The van der Waals surface area contributed by atoms with Gasteiger partial charge in [0.15, 0.2) is 18.2 Å². The fourth-order valence-corrected chi connectivity index (χ4v) is 2.78. The summed E-state index contributed by atoms with van der Waals surface area (Å²) >= 11 is 0. The van der Waals surface area contributed by atoms with Gasteiger partial charge in [0, 0.05) is 18.2 Å². The van der Waals surface area contributed by atoms with E-state index in [0.29, 0.717) is 18.0 Å². The molecule has 1 amide bonds. The Balaban J connectivity index is 1.71. The van der Waals surface area contributed by atoms with Gasteiger partial charge in [-0.1, -0.05) is 12.1 Å². The monoisotopic (exact) mass is 359 g/mol. The standard InChI is InChI=1S/C20H22FNO4/c1-24-16-9-10-18(25-2)14(11-16)12-22(15-7-8-15)20(23)13-26-19-6-4-3-5-17(19)21/h3-6,9-11,15H,7-8,12-13H2,1-2H3. The summed E-state index contributed by atoms with van der Waals surface area (Å²) in [6.45, 7) is 0.189. The molecule has 138 valence electrons. The van der Waals surface area contributed by atoms with Crippen LogP contribution in [0.3, 0.4) is 0 Å². The van der Waals surface area contributed by atoms with Crippen molar-refractivity contribution in [3.63, 3.8) is 0 Å². The first-order chi connectivity index (χ1) is 12.6. The molecule has 2 aromatic carbocycles. The van der Waals surface area contributed by atoms with Crippen molar-refractivity contribution in [3.8, 4) is 17.2 Å². The summed E-state index contributed by atoms with van der Waals surface area (Å²) in [5.74, 6) is 0.815. The molecule has 0 saturated heterocycles. The molecule has 0 spiro atoms. The number of hydrogen-bond donors (Lipinski definition) is 0. The maximum atomic E-state index is 13.7. The smallest absolute Gasteiger partial charge is 0.261 e. The van der Waals surface area contributed by atoms with Crippen LogP contribution < -0.4 is 14.2 Å². The number of para-hydroxylation sites is 1. The van der Waals surface area contributed by atoms with Crippen LogP contribution >= 0.6 is 0 Å². The Morgan fingerprint density at radius 2 is 1.88 bits per heavy atom. The highest BCUT2D eigenvalue weighted by atomic mass is 19.1. The van der Waals surface area contributed by atoms with Crippen molar-refractivity contribution in [2.24, 2.45) is 0 Å². The Hall–Kier alpha value is -2.76. The van der Waals surface area contributed by atoms with Crippen molar-refractivity contribution in [3.05, 3.63) is 53.8 Å². The number of benzene rings is 2. The Kier molecular flexibility index (Phi) is 5.61. The lowest BCUT2D eigenvalue weighted by molar-refractivity contribution is -0.134. The Morgan fingerprint density at radius 3 is 2.54 bits per heavy atom. The van der Waals surface area contributed by atoms with Gasteiger partial charge < -0.3 is 19.1 Å². The summed E-state index contributed by atoms with van der Waals surface area (Å²) in [5, 5.41) is 0. The number of hydrogen-bond acceptors (Lipinski definition) is 4. The predicted octanol–water partition coefficient (Wildman–Crippen LogP) is 3.41. The van der Waals surface area contributed by atoms with Gasteiger partial charge in [-0.15, -0.1) is 0 Å². The molecule has 6 heteroatoms. The molecule has 0 aromatic heterocycles. The van der Waals surface area contributed by atoms with E-state index in [9.17, 15) is 9.18 Å². The van der Waals surface area contributed by atoms with Crippen LogP contribution in [0.25, 0.3) is 0 Å². The summed E-state index contributed by atoms with van der Waals surface area (Å²) in [6, 6.07) is 11.7. The van der Waals surface area contributed by atoms with Gasteiger partial charge in [-0.3, -0.25) is 4.79 Å². The number of ether oxygens (including phenoxy) is 3. The summed E-state index contributed by atoms with van der Waals surface area (Å²) < 4.78 is 29.7. The molecule has 3 rings (SSSR count). The Labute approximate surface area is 152 Å². The number of halogens is 1. The molecular formula is C20H22FNO4. The van der Waals surface area contributed by atoms with Crippen molar-refractivity contribution in [1.82, 2.24) is 4.90 Å². The first-order valence-electron chi connectivity index (χ1n) is 8.50. The van der Waals surface area contributed by atoms with Crippen LogP contribution in [0.4, 0.5) is 4.39 Å². The zero-order valence-corrected chi connectivity index (χ0v) is 14.9. The first-order valence-corrected chi connectivity index (χ1v) is 8.50. The summed E-state index contributed by atoms with van der Waals surface area (Å²) in [4.78, 5) is 14.4. The summed E-state index contributed by atoms with van der Waals surface area (Å²) in [6.07, 6.45) is 1.91.